The van der Waals surface area contributed by atoms with E-state index >= 15 is 0 Å². The van der Waals surface area contributed by atoms with Crippen molar-refractivity contribution in [2.24, 2.45) is 5.92 Å². The second-order valence-electron chi connectivity index (χ2n) is 3.90. The van der Waals surface area contributed by atoms with Gasteiger partial charge in [0.1, 0.15) is 17.3 Å². The Labute approximate surface area is 93.8 Å². The first-order valence-electron chi connectivity index (χ1n) is 5.15. The molecule has 0 N–H and O–H groups in total. The molecule has 4 nitrogen and oxygen atoms in total. The van der Waals surface area contributed by atoms with Crippen molar-refractivity contribution in [1.29, 1.82) is 5.26 Å². The van der Waals surface area contributed by atoms with Crippen LogP contribution in [0.2, 0.25) is 0 Å². The summed E-state index contributed by atoms with van der Waals surface area (Å²) in [6, 6.07) is 9.74. The maximum absolute atomic E-state index is 9.10. The van der Waals surface area contributed by atoms with Crippen molar-refractivity contribution >= 4 is 16.7 Å². The van der Waals surface area contributed by atoms with Crippen LogP contribution in [0.15, 0.2) is 30.3 Å². The average Bonchev–Trinajstić information content (AvgIpc) is 2.69. The highest BCUT2D eigenvalue weighted by Gasteiger charge is 2.07. The number of rotatable bonds is 2. The monoisotopic (exact) mass is 212 g/mol. The van der Waals surface area contributed by atoms with Crippen LogP contribution in [0.4, 0.5) is 0 Å². The van der Waals surface area contributed by atoms with Crippen molar-refractivity contribution in [2.45, 2.75) is 13.8 Å². The summed E-state index contributed by atoms with van der Waals surface area (Å²) < 4.78 is 1.58. The van der Waals surface area contributed by atoms with Crippen molar-refractivity contribution < 1.29 is 0 Å². The molecule has 0 saturated carbocycles. The van der Waals surface area contributed by atoms with Gasteiger partial charge in [-0.3, -0.25) is 0 Å². The first-order valence-corrected chi connectivity index (χ1v) is 5.15. The van der Waals surface area contributed by atoms with E-state index in [2.05, 4.69) is 16.4 Å². The molecule has 0 atom stereocenters. The number of hydrogen-bond acceptors (Lipinski definition) is 3. The fourth-order valence-corrected chi connectivity index (χ4v) is 1.52. The lowest BCUT2D eigenvalue weighted by atomic mass is 10.2. The van der Waals surface area contributed by atoms with Crippen molar-refractivity contribution in [3.05, 3.63) is 30.3 Å². The first-order chi connectivity index (χ1) is 7.72. The Morgan fingerprint density at radius 2 is 2.19 bits per heavy atom. The van der Waals surface area contributed by atoms with Crippen LogP contribution in [-0.2, 0) is 0 Å². The van der Waals surface area contributed by atoms with Crippen molar-refractivity contribution in [3.8, 4) is 6.07 Å². The van der Waals surface area contributed by atoms with Gasteiger partial charge in [-0.1, -0.05) is 31.2 Å². The van der Waals surface area contributed by atoms with Gasteiger partial charge < -0.3 is 0 Å². The Morgan fingerprint density at radius 1 is 1.44 bits per heavy atom. The molecular weight excluding hydrogens is 200 g/mol. The molecule has 0 bridgehead atoms. The fraction of sp³-hybridized carbons (Fsp3) is 0.250. The SMILES string of the molecule is CC(C)C=C(C#N)n1nnc2ccccc21. The molecule has 0 aliphatic rings. The molecule has 1 aromatic heterocycles. The third-order valence-corrected chi connectivity index (χ3v) is 2.19. The number of hydrogen-bond donors (Lipinski definition) is 0. The summed E-state index contributed by atoms with van der Waals surface area (Å²) in [6.45, 7) is 4.05. The Balaban J connectivity index is 2.59. The predicted molar refractivity (Wildman–Crippen MR) is 62.3 cm³/mol. The molecule has 0 fully saturated rings. The number of benzene rings is 1. The first kappa shape index (κ1) is 10.4. The number of nitrogens with zero attached hydrogens (tertiary/aromatic N) is 4. The minimum absolute atomic E-state index is 0.303. The van der Waals surface area contributed by atoms with Gasteiger partial charge in [0.25, 0.3) is 0 Å². The molecule has 0 spiro atoms. The van der Waals surface area contributed by atoms with Gasteiger partial charge in [0.05, 0.1) is 5.52 Å². The Bertz CT molecular complexity index is 572. The van der Waals surface area contributed by atoms with Crippen LogP contribution < -0.4 is 0 Å². The summed E-state index contributed by atoms with van der Waals surface area (Å²) in [5.74, 6) is 0.303. The van der Waals surface area contributed by atoms with Gasteiger partial charge in [-0.25, -0.2) is 4.68 Å². The summed E-state index contributed by atoms with van der Waals surface area (Å²) in [7, 11) is 0. The lowest BCUT2D eigenvalue weighted by Gasteiger charge is -2.01. The molecule has 0 aliphatic carbocycles. The summed E-state index contributed by atoms with van der Waals surface area (Å²) in [5, 5.41) is 17.1. The van der Waals surface area contributed by atoms with Crippen LogP contribution in [0.1, 0.15) is 13.8 Å². The van der Waals surface area contributed by atoms with Crippen LogP contribution in [0, 0.1) is 17.2 Å². The normalized spacial score (nSPS) is 12.0. The lowest BCUT2D eigenvalue weighted by molar-refractivity contribution is 0.802. The molecule has 0 radical (unpaired) electrons. The molecule has 2 aromatic rings. The third kappa shape index (κ3) is 1.80. The maximum atomic E-state index is 9.10. The van der Waals surface area contributed by atoms with Crippen LogP contribution in [0.5, 0.6) is 0 Å². The molecular formula is C12H12N4. The molecule has 0 saturated heterocycles. The Hall–Kier alpha value is -2.15. The third-order valence-electron chi connectivity index (χ3n) is 2.19. The minimum atomic E-state index is 0.303. The standard InChI is InChI=1S/C12H12N4/c1-9(2)7-10(8-13)16-12-6-4-3-5-11(12)14-15-16/h3-7,9H,1-2H3. The summed E-state index contributed by atoms with van der Waals surface area (Å²) in [5.41, 5.74) is 2.17. The number of fused-ring (bicyclic) bond motifs is 1. The zero-order valence-electron chi connectivity index (χ0n) is 9.25. The molecule has 0 unspecified atom stereocenters. The summed E-state index contributed by atoms with van der Waals surface area (Å²) >= 11 is 0. The van der Waals surface area contributed by atoms with E-state index in [9.17, 15) is 0 Å². The molecule has 0 amide bonds. The molecule has 1 aromatic carbocycles. The van der Waals surface area contributed by atoms with E-state index in [0.717, 1.165) is 11.0 Å². The van der Waals surface area contributed by atoms with Gasteiger partial charge >= 0.3 is 0 Å². The van der Waals surface area contributed by atoms with E-state index in [1.807, 2.05) is 44.2 Å². The molecule has 16 heavy (non-hydrogen) atoms. The topological polar surface area (TPSA) is 54.5 Å². The van der Waals surface area contributed by atoms with E-state index in [1.165, 1.54) is 0 Å². The molecule has 4 heteroatoms. The Kier molecular flexibility index (Phi) is 2.69. The van der Waals surface area contributed by atoms with E-state index in [1.54, 1.807) is 4.68 Å². The zero-order valence-corrected chi connectivity index (χ0v) is 9.25. The lowest BCUT2D eigenvalue weighted by Crippen LogP contribution is -1.99. The van der Waals surface area contributed by atoms with Crippen molar-refractivity contribution in [2.75, 3.05) is 0 Å². The summed E-state index contributed by atoms with van der Waals surface area (Å²) in [6.07, 6.45) is 1.88. The van der Waals surface area contributed by atoms with Gasteiger partial charge in [0.2, 0.25) is 0 Å². The van der Waals surface area contributed by atoms with Crippen LogP contribution in [0.3, 0.4) is 0 Å². The van der Waals surface area contributed by atoms with Crippen LogP contribution in [0.25, 0.3) is 16.7 Å². The van der Waals surface area contributed by atoms with Gasteiger partial charge in [-0.05, 0) is 24.1 Å². The predicted octanol–water partition coefficient (Wildman–Crippen LogP) is 2.45. The highest BCUT2D eigenvalue weighted by molar-refractivity contribution is 5.79. The van der Waals surface area contributed by atoms with Gasteiger partial charge in [-0.15, -0.1) is 5.10 Å². The number of para-hydroxylation sites is 1. The van der Waals surface area contributed by atoms with E-state index in [-0.39, 0.29) is 0 Å². The quantitative estimate of drug-likeness (QED) is 0.718. The van der Waals surface area contributed by atoms with E-state index in [0.29, 0.717) is 11.6 Å². The molecule has 2 rings (SSSR count). The zero-order chi connectivity index (χ0) is 11.5. The van der Waals surface area contributed by atoms with Crippen LogP contribution >= 0.6 is 0 Å². The van der Waals surface area contributed by atoms with Gasteiger partial charge in [0.15, 0.2) is 0 Å². The maximum Gasteiger partial charge on any atom is 0.140 e. The van der Waals surface area contributed by atoms with Gasteiger partial charge in [-0.2, -0.15) is 5.26 Å². The smallest absolute Gasteiger partial charge is 0.140 e. The van der Waals surface area contributed by atoms with Crippen molar-refractivity contribution in [3.63, 3.8) is 0 Å². The second kappa shape index (κ2) is 4.15. The molecule has 0 aliphatic heterocycles. The van der Waals surface area contributed by atoms with E-state index in [4.69, 9.17) is 5.26 Å². The Morgan fingerprint density at radius 3 is 2.88 bits per heavy atom. The number of allylic oxidation sites excluding steroid dienone is 2. The van der Waals surface area contributed by atoms with E-state index < -0.39 is 0 Å². The second-order valence-corrected chi connectivity index (χ2v) is 3.90. The average molecular weight is 212 g/mol. The number of nitriles is 1. The summed E-state index contributed by atoms with van der Waals surface area (Å²) in [4.78, 5) is 0. The molecule has 80 valence electrons. The highest BCUT2D eigenvalue weighted by atomic mass is 15.4. The van der Waals surface area contributed by atoms with Crippen LogP contribution in [-0.4, -0.2) is 15.0 Å². The van der Waals surface area contributed by atoms with Gasteiger partial charge in [0, 0.05) is 0 Å². The minimum Gasteiger partial charge on any atom is -0.203 e. The van der Waals surface area contributed by atoms with Crippen molar-refractivity contribution in [1.82, 2.24) is 15.0 Å². The highest BCUT2D eigenvalue weighted by Crippen LogP contribution is 2.15. The fourth-order valence-electron chi connectivity index (χ4n) is 1.52. The largest absolute Gasteiger partial charge is 0.203 e. The number of aromatic nitrogens is 3. The molecule has 1 heterocycles.